The van der Waals surface area contributed by atoms with Crippen LogP contribution >= 0.6 is 0 Å². The molecule has 3 saturated carbocycles. The Morgan fingerprint density at radius 2 is 2.00 bits per heavy atom. The minimum absolute atomic E-state index is 0.0405. The normalized spacial score (nSPS) is 47.5. The Morgan fingerprint density at radius 3 is 2.73 bits per heavy atom. The zero-order chi connectivity index (χ0) is 18.7. The summed E-state index contributed by atoms with van der Waals surface area (Å²) in [5, 5.41) is 10.6. The van der Waals surface area contributed by atoms with Crippen molar-refractivity contribution in [3.63, 3.8) is 0 Å². The molecule has 0 saturated heterocycles. The van der Waals surface area contributed by atoms with Crippen molar-refractivity contribution >= 4 is 11.8 Å². The van der Waals surface area contributed by atoms with Crippen LogP contribution in [0.3, 0.4) is 0 Å². The number of carbonyl (C=O) groups is 2. The average Bonchev–Trinajstić information content (AvgIpc) is 2.91. The fraction of sp³-hybridized carbons (Fsp3) is 0.818. The fourth-order valence-electron chi connectivity index (χ4n) is 6.96. The van der Waals surface area contributed by atoms with E-state index in [1.807, 2.05) is 13.0 Å². The van der Waals surface area contributed by atoms with Crippen LogP contribution in [-0.4, -0.2) is 29.1 Å². The van der Waals surface area contributed by atoms with Crippen molar-refractivity contribution < 1.29 is 19.4 Å². The molecule has 0 spiro atoms. The standard InChI is InChI=1S/C22H32O4/c1-4-20(25)26-19-12-14(23)11-13-5-6-15-16-7-8-18(24)21(16,2)10-9-17(15)22(13,19)3/h11,15-19,24H,4-10,12H2,1-3H3/t15-,16-,17-,18-,19?,21-,22-/m0/s1. The van der Waals surface area contributed by atoms with Gasteiger partial charge in [0.2, 0.25) is 0 Å². The van der Waals surface area contributed by atoms with E-state index in [4.69, 9.17) is 4.74 Å². The van der Waals surface area contributed by atoms with E-state index < -0.39 is 0 Å². The number of rotatable bonds is 2. The molecular formula is C22H32O4. The Hall–Kier alpha value is -1.16. The van der Waals surface area contributed by atoms with Gasteiger partial charge in [0.25, 0.3) is 0 Å². The van der Waals surface area contributed by atoms with Gasteiger partial charge in [-0.25, -0.2) is 0 Å². The third-order valence-corrected chi connectivity index (χ3v) is 8.55. The summed E-state index contributed by atoms with van der Waals surface area (Å²) in [5.74, 6) is 1.44. The first kappa shape index (κ1) is 18.2. The number of ketones is 1. The zero-order valence-corrected chi connectivity index (χ0v) is 16.3. The number of aliphatic hydroxyl groups is 1. The van der Waals surface area contributed by atoms with E-state index in [0.717, 1.165) is 38.5 Å². The number of hydrogen-bond donors (Lipinski definition) is 1. The molecule has 7 atom stereocenters. The molecule has 0 bridgehead atoms. The molecule has 4 rings (SSSR count). The second kappa shape index (κ2) is 6.19. The molecule has 0 aromatic heterocycles. The van der Waals surface area contributed by atoms with Gasteiger partial charge in [0.1, 0.15) is 6.10 Å². The lowest BCUT2D eigenvalue weighted by Gasteiger charge is -2.59. The predicted octanol–water partition coefficient (Wildman–Crippen LogP) is 3.81. The van der Waals surface area contributed by atoms with Crippen molar-refractivity contribution in [1.82, 2.24) is 0 Å². The number of esters is 1. The Bertz CT molecular complexity index is 653. The summed E-state index contributed by atoms with van der Waals surface area (Å²) < 4.78 is 5.84. The maximum absolute atomic E-state index is 12.3. The van der Waals surface area contributed by atoms with Crippen LogP contribution in [0.25, 0.3) is 0 Å². The molecule has 0 aromatic rings. The van der Waals surface area contributed by atoms with E-state index in [1.165, 1.54) is 5.57 Å². The smallest absolute Gasteiger partial charge is 0.305 e. The topological polar surface area (TPSA) is 63.6 Å². The van der Waals surface area contributed by atoms with E-state index in [-0.39, 0.29) is 34.8 Å². The van der Waals surface area contributed by atoms with Gasteiger partial charge in [0, 0.05) is 18.3 Å². The highest BCUT2D eigenvalue weighted by molar-refractivity contribution is 5.92. The predicted molar refractivity (Wildman–Crippen MR) is 98.3 cm³/mol. The Kier molecular flexibility index (Phi) is 4.33. The van der Waals surface area contributed by atoms with Crippen molar-refractivity contribution in [2.75, 3.05) is 0 Å². The van der Waals surface area contributed by atoms with Gasteiger partial charge in [-0.05, 0) is 67.8 Å². The third kappa shape index (κ3) is 2.44. The molecule has 0 heterocycles. The zero-order valence-electron chi connectivity index (χ0n) is 16.3. The van der Waals surface area contributed by atoms with Crippen molar-refractivity contribution in [2.45, 2.75) is 84.3 Å². The van der Waals surface area contributed by atoms with Crippen LogP contribution in [0.4, 0.5) is 0 Å². The van der Waals surface area contributed by atoms with E-state index in [2.05, 4.69) is 13.8 Å². The number of aliphatic hydroxyl groups excluding tert-OH is 1. The molecule has 1 N–H and O–H groups in total. The second-order valence-electron chi connectivity index (χ2n) is 9.51. The summed E-state index contributed by atoms with van der Waals surface area (Å²) in [4.78, 5) is 24.3. The Labute approximate surface area is 156 Å². The van der Waals surface area contributed by atoms with Crippen LogP contribution < -0.4 is 0 Å². The molecule has 4 nitrogen and oxygen atoms in total. The highest BCUT2D eigenvalue weighted by Gasteiger charge is 2.61. The second-order valence-corrected chi connectivity index (χ2v) is 9.51. The Balaban J connectivity index is 1.70. The molecule has 4 aliphatic rings. The maximum Gasteiger partial charge on any atom is 0.305 e. The van der Waals surface area contributed by atoms with Gasteiger partial charge < -0.3 is 9.84 Å². The van der Waals surface area contributed by atoms with Crippen LogP contribution in [0, 0.1) is 28.6 Å². The molecule has 3 fully saturated rings. The molecular weight excluding hydrogens is 328 g/mol. The molecule has 0 radical (unpaired) electrons. The number of carbonyl (C=O) groups excluding carboxylic acids is 2. The Morgan fingerprint density at radius 1 is 1.23 bits per heavy atom. The van der Waals surface area contributed by atoms with Crippen molar-refractivity contribution in [3.05, 3.63) is 11.6 Å². The molecule has 4 heteroatoms. The monoisotopic (exact) mass is 360 g/mol. The fourth-order valence-corrected chi connectivity index (χ4v) is 6.96. The van der Waals surface area contributed by atoms with Gasteiger partial charge >= 0.3 is 5.97 Å². The lowest BCUT2D eigenvalue weighted by Crippen LogP contribution is -2.56. The van der Waals surface area contributed by atoms with Crippen LogP contribution in [0.15, 0.2) is 11.6 Å². The average molecular weight is 360 g/mol. The summed E-state index contributed by atoms with van der Waals surface area (Å²) in [6.07, 6.45) is 8.13. The first-order valence-corrected chi connectivity index (χ1v) is 10.4. The summed E-state index contributed by atoms with van der Waals surface area (Å²) in [7, 11) is 0. The van der Waals surface area contributed by atoms with Crippen molar-refractivity contribution in [2.24, 2.45) is 28.6 Å². The number of hydrogen-bond acceptors (Lipinski definition) is 4. The summed E-state index contributed by atoms with van der Waals surface area (Å²) in [5.41, 5.74) is 1.01. The largest absolute Gasteiger partial charge is 0.461 e. The molecule has 4 aliphatic carbocycles. The van der Waals surface area contributed by atoms with E-state index in [9.17, 15) is 14.7 Å². The van der Waals surface area contributed by atoms with Gasteiger partial charge in [0.05, 0.1) is 6.10 Å². The first-order valence-electron chi connectivity index (χ1n) is 10.4. The lowest BCUT2D eigenvalue weighted by molar-refractivity contribution is -0.166. The molecule has 26 heavy (non-hydrogen) atoms. The van der Waals surface area contributed by atoms with Gasteiger partial charge in [-0.3, -0.25) is 9.59 Å². The van der Waals surface area contributed by atoms with Crippen LogP contribution in [0.2, 0.25) is 0 Å². The van der Waals surface area contributed by atoms with E-state index >= 15 is 0 Å². The highest BCUT2D eigenvalue weighted by Crippen LogP contribution is 2.65. The summed E-state index contributed by atoms with van der Waals surface area (Å²) >= 11 is 0. The highest BCUT2D eigenvalue weighted by atomic mass is 16.5. The van der Waals surface area contributed by atoms with Gasteiger partial charge in [-0.15, -0.1) is 0 Å². The molecule has 0 amide bonds. The lowest BCUT2D eigenvalue weighted by atomic mass is 9.46. The number of ether oxygens (including phenoxy) is 1. The van der Waals surface area contributed by atoms with Crippen LogP contribution in [0.1, 0.15) is 72.1 Å². The first-order chi connectivity index (χ1) is 12.3. The molecule has 0 aromatic carbocycles. The summed E-state index contributed by atoms with van der Waals surface area (Å²) in [6, 6.07) is 0. The molecule has 0 aliphatic heterocycles. The van der Waals surface area contributed by atoms with Crippen molar-refractivity contribution in [1.29, 1.82) is 0 Å². The van der Waals surface area contributed by atoms with Crippen LogP contribution in [0.5, 0.6) is 0 Å². The minimum Gasteiger partial charge on any atom is -0.461 e. The molecule has 144 valence electrons. The van der Waals surface area contributed by atoms with E-state index in [1.54, 1.807) is 0 Å². The quantitative estimate of drug-likeness (QED) is 0.761. The maximum atomic E-state index is 12.3. The SMILES string of the molecule is CCC(=O)OC1CC(=O)C=C2CC[C@H]3[C@@H]4CC[C@H](O)[C@@]4(C)CC[C@@H]3[C@]21C. The third-order valence-electron chi connectivity index (χ3n) is 8.55. The van der Waals surface area contributed by atoms with Gasteiger partial charge in [-0.2, -0.15) is 0 Å². The van der Waals surface area contributed by atoms with Gasteiger partial charge in [0.15, 0.2) is 5.78 Å². The van der Waals surface area contributed by atoms with E-state index in [0.29, 0.717) is 30.6 Å². The van der Waals surface area contributed by atoms with Crippen molar-refractivity contribution in [3.8, 4) is 0 Å². The minimum atomic E-state index is -0.328. The molecule has 1 unspecified atom stereocenters. The summed E-state index contributed by atoms with van der Waals surface area (Å²) in [6.45, 7) is 6.32. The van der Waals surface area contributed by atoms with Crippen LogP contribution in [-0.2, 0) is 14.3 Å². The number of fused-ring (bicyclic) bond motifs is 5. The van der Waals surface area contributed by atoms with Gasteiger partial charge in [-0.1, -0.05) is 26.3 Å².